The van der Waals surface area contributed by atoms with E-state index in [0.29, 0.717) is 11.5 Å². The number of piperidine rings is 1. The van der Waals surface area contributed by atoms with E-state index in [-0.39, 0.29) is 5.92 Å². The van der Waals surface area contributed by atoms with Gasteiger partial charge in [-0.2, -0.15) is 0 Å². The average Bonchev–Trinajstić information content (AvgIpc) is 3.20. The van der Waals surface area contributed by atoms with Gasteiger partial charge in [0.05, 0.1) is 5.69 Å². The van der Waals surface area contributed by atoms with Gasteiger partial charge in [-0.15, -0.1) is 11.3 Å². The minimum Gasteiger partial charge on any atom is -0.368 e. The number of primary amides is 1. The van der Waals surface area contributed by atoms with Crippen LogP contribution in [0.2, 0.25) is 0 Å². The van der Waals surface area contributed by atoms with Gasteiger partial charge in [-0.3, -0.25) is 9.59 Å². The molecule has 0 saturated carbocycles. The molecule has 0 radical (unpaired) electrons. The summed E-state index contributed by atoms with van der Waals surface area (Å²) < 4.78 is 0. The van der Waals surface area contributed by atoms with E-state index in [1.807, 2.05) is 24.0 Å². The molecule has 3 heterocycles. The van der Waals surface area contributed by atoms with Crippen LogP contribution in [0.15, 0.2) is 29.6 Å². The molecule has 2 N–H and O–H groups in total. The molecule has 2 fully saturated rings. The van der Waals surface area contributed by atoms with Crippen LogP contribution < -0.4 is 15.5 Å². The van der Waals surface area contributed by atoms with Crippen LogP contribution in [0.1, 0.15) is 28.9 Å². The number of thiazole rings is 1. The SMILES string of the molecule is Cc1csc(N2CCC(C(=O)N3CCN(c4ccc(C(N)=O)cc4)CC3)CC2)n1. The van der Waals surface area contributed by atoms with Crippen molar-refractivity contribution < 1.29 is 9.59 Å². The number of piperazine rings is 1. The Morgan fingerprint density at radius 1 is 1.00 bits per heavy atom. The second-order valence-corrected chi connectivity index (χ2v) is 8.59. The van der Waals surface area contributed by atoms with E-state index in [4.69, 9.17) is 5.73 Å². The highest BCUT2D eigenvalue weighted by Crippen LogP contribution is 2.27. The Morgan fingerprint density at radius 2 is 1.66 bits per heavy atom. The second kappa shape index (κ2) is 8.41. The summed E-state index contributed by atoms with van der Waals surface area (Å²) in [6.45, 7) is 6.90. The molecule has 2 aromatic rings. The summed E-state index contributed by atoms with van der Waals surface area (Å²) in [7, 11) is 0. The van der Waals surface area contributed by atoms with Crippen LogP contribution in [0, 0.1) is 12.8 Å². The highest BCUT2D eigenvalue weighted by molar-refractivity contribution is 7.13. The van der Waals surface area contributed by atoms with Crippen molar-refractivity contribution in [3.63, 3.8) is 0 Å². The molecule has 4 rings (SSSR count). The highest BCUT2D eigenvalue weighted by Gasteiger charge is 2.31. The molecule has 0 aliphatic carbocycles. The predicted molar refractivity (Wildman–Crippen MR) is 116 cm³/mol. The molecular formula is C21H27N5O2S. The van der Waals surface area contributed by atoms with E-state index in [0.717, 1.165) is 68.6 Å². The lowest BCUT2D eigenvalue weighted by atomic mass is 9.95. The van der Waals surface area contributed by atoms with Gasteiger partial charge in [0.2, 0.25) is 11.8 Å². The van der Waals surface area contributed by atoms with Crippen molar-refractivity contribution in [2.24, 2.45) is 11.7 Å². The Balaban J connectivity index is 1.27. The fourth-order valence-corrected chi connectivity index (χ4v) is 4.94. The van der Waals surface area contributed by atoms with E-state index in [1.54, 1.807) is 23.5 Å². The van der Waals surface area contributed by atoms with Gasteiger partial charge in [-0.1, -0.05) is 0 Å². The number of carbonyl (C=O) groups is 2. The molecule has 2 aliphatic rings. The number of hydrogen-bond donors (Lipinski definition) is 1. The molecule has 2 amide bonds. The molecular weight excluding hydrogens is 386 g/mol. The third-order valence-electron chi connectivity index (χ3n) is 5.83. The fourth-order valence-electron chi connectivity index (χ4n) is 4.08. The molecule has 7 nitrogen and oxygen atoms in total. The number of benzene rings is 1. The summed E-state index contributed by atoms with van der Waals surface area (Å²) in [5.74, 6) is 0.000382. The summed E-state index contributed by atoms with van der Waals surface area (Å²) in [5, 5.41) is 3.15. The lowest BCUT2D eigenvalue weighted by Gasteiger charge is -2.39. The van der Waals surface area contributed by atoms with E-state index in [9.17, 15) is 9.59 Å². The molecule has 29 heavy (non-hydrogen) atoms. The first kappa shape index (κ1) is 19.7. The Bertz CT molecular complexity index is 865. The Kier molecular flexibility index (Phi) is 5.71. The van der Waals surface area contributed by atoms with Gasteiger partial charge in [0, 0.05) is 61.8 Å². The third-order valence-corrected chi connectivity index (χ3v) is 6.85. The number of hydrogen-bond acceptors (Lipinski definition) is 6. The first-order chi connectivity index (χ1) is 14.0. The second-order valence-electron chi connectivity index (χ2n) is 7.76. The van der Waals surface area contributed by atoms with Gasteiger partial charge < -0.3 is 20.4 Å². The topological polar surface area (TPSA) is 82.8 Å². The number of anilines is 2. The van der Waals surface area contributed by atoms with Crippen molar-refractivity contribution in [2.75, 3.05) is 49.1 Å². The molecule has 0 spiro atoms. The number of rotatable bonds is 4. The first-order valence-corrected chi connectivity index (χ1v) is 11.0. The monoisotopic (exact) mass is 413 g/mol. The molecule has 2 aliphatic heterocycles. The fraction of sp³-hybridized carbons (Fsp3) is 0.476. The molecule has 0 atom stereocenters. The van der Waals surface area contributed by atoms with E-state index in [1.165, 1.54) is 0 Å². The summed E-state index contributed by atoms with van der Waals surface area (Å²) >= 11 is 1.68. The smallest absolute Gasteiger partial charge is 0.248 e. The molecule has 1 aromatic heterocycles. The van der Waals surface area contributed by atoms with E-state index < -0.39 is 5.91 Å². The Morgan fingerprint density at radius 3 is 2.21 bits per heavy atom. The summed E-state index contributed by atoms with van der Waals surface area (Å²) in [4.78, 5) is 35.3. The number of nitrogens with two attached hydrogens (primary N) is 1. The number of aromatic nitrogens is 1. The summed E-state index contributed by atoms with van der Waals surface area (Å²) in [5.41, 5.74) is 7.94. The zero-order valence-corrected chi connectivity index (χ0v) is 17.5. The molecule has 2 saturated heterocycles. The Hall–Kier alpha value is -2.61. The Labute approximate surface area is 175 Å². The first-order valence-electron chi connectivity index (χ1n) is 10.1. The van der Waals surface area contributed by atoms with Crippen LogP contribution >= 0.6 is 11.3 Å². The molecule has 1 aromatic carbocycles. The van der Waals surface area contributed by atoms with Gasteiger partial charge in [0.15, 0.2) is 5.13 Å². The van der Waals surface area contributed by atoms with Crippen LogP contribution in [0.4, 0.5) is 10.8 Å². The maximum absolute atomic E-state index is 13.0. The van der Waals surface area contributed by atoms with Crippen molar-refractivity contribution in [2.45, 2.75) is 19.8 Å². The quantitative estimate of drug-likeness (QED) is 0.830. The number of amides is 2. The minimum atomic E-state index is -0.414. The average molecular weight is 414 g/mol. The minimum absolute atomic E-state index is 0.119. The molecule has 0 unspecified atom stereocenters. The summed E-state index contributed by atoms with van der Waals surface area (Å²) in [6.07, 6.45) is 1.79. The maximum Gasteiger partial charge on any atom is 0.248 e. The van der Waals surface area contributed by atoms with Gasteiger partial charge in [0.25, 0.3) is 0 Å². The van der Waals surface area contributed by atoms with Crippen LogP contribution in [0.3, 0.4) is 0 Å². The van der Waals surface area contributed by atoms with Crippen molar-refractivity contribution >= 4 is 34.0 Å². The van der Waals surface area contributed by atoms with Gasteiger partial charge >= 0.3 is 0 Å². The predicted octanol–water partition coefficient (Wildman–Crippen LogP) is 2.12. The van der Waals surface area contributed by atoms with E-state index in [2.05, 4.69) is 20.2 Å². The van der Waals surface area contributed by atoms with Gasteiger partial charge in [-0.05, 0) is 44.0 Å². The van der Waals surface area contributed by atoms with Gasteiger partial charge in [-0.25, -0.2) is 4.98 Å². The van der Waals surface area contributed by atoms with Crippen molar-refractivity contribution in [1.82, 2.24) is 9.88 Å². The largest absolute Gasteiger partial charge is 0.368 e. The van der Waals surface area contributed by atoms with Crippen LogP contribution in [0.25, 0.3) is 0 Å². The van der Waals surface area contributed by atoms with E-state index >= 15 is 0 Å². The lowest BCUT2D eigenvalue weighted by molar-refractivity contribution is -0.136. The zero-order valence-electron chi connectivity index (χ0n) is 16.7. The normalized spacial score (nSPS) is 18.2. The third kappa shape index (κ3) is 4.37. The standard InChI is InChI=1S/C21H27N5O2S/c1-15-14-29-21(23-15)26-8-6-17(7-9-26)20(28)25-12-10-24(11-13-25)18-4-2-16(3-5-18)19(22)27/h2-5,14,17H,6-13H2,1H3,(H2,22,27). The van der Waals surface area contributed by atoms with Crippen LogP contribution in [0.5, 0.6) is 0 Å². The highest BCUT2D eigenvalue weighted by atomic mass is 32.1. The molecule has 0 bridgehead atoms. The lowest BCUT2D eigenvalue weighted by Crippen LogP contribution is -2.51. The van der Waals surface area contributed by atoms with Crippen molar-refractivity contribution in [3.8, 4) is 0 Å². The summed E-state index contributed by atoms with van der Waals surface area (Å²) in [6, 6.07) is 7.36. The van der Waals surface area contributed by atoms with Gasteiger partial charge in [0.1, 0.15) is 0 Å². The van der Waals surface area contributed by atoms with Crippen molar-refractivity contribution in [3.05, 3.63) is 40.9 Å². The van der Waals surface area contributed by atoms with Crippen LogP contribution in [-0.4, -0.2) is 61.0 Å². The number of nitrogens with zero attached hydrogens (tertiary/aromatic N) is 4. The zero-order chi connectivity index (χ0) is 20.4. The molecule has 154 valence electrons. The number of aryl methyl sites for hydroxylation is 1. The maximum atomic E-state index is 13.0. The van der Waals surface area contributed by atoms with Crippen LogP contribution in [-0.2, 0) is 4.79 Å². The molecule has 8 heteroatoms. The van der Waals surface area contributed by atoms with Crippen molar-refractivity contribution in [1.29, 1.82) is 0 Å². The number of carbonyl (C=O) groups excluding carboxylic acids is 2.